The Labute approximate surface area is 164 Å². The van der Waals surface area contributed by atoms with Gasteiger partial charge in [0.15, 0.2) is 5.84 Å². The summed E-state index contributed by atoms with van der Waals surface area (Å²) in [5.41, 5.74) is 5.80. The number of aromatic nitrogens is 2. The van der Waals surface area contributed by atoms with Gasteiger partial charge < -0.3 is 11.1 Å². The van der Waals surface area contributed by atoms with E-state index in [2.05, 4.69) is 20.4 Å². The van der Waals surface area contributed by atoms with Gasteiger partial charge in [0, 0.05) is 31.3 Å². The van der Waals surface area contributed by atoms with Gasteiger partial charge in [-0.1, -0.05) is 6.07 Å². The number of likely N-dealkylation sites (N-methyl/N-ethyl adjacent to an activating group) is 1. The number of aryl methyl sites for hydroxylation is 1. The Kier molecular flexibility index (Phi) is 5.96. The first kappa shape index (κ1) is 20.1. The maximum absolute atomic E-state index is 13.5. The van der Waals surface area contributed by atoms with E-state index in [9.17, 15) is 18.4 Å². The maximum Gasteiger partial charge on any atom is 0.287 e. The van der Waals surface area contributed by atoms with Gasteiger partial charge in [-0.2, -0.15) is 5.10 Å². The Morgan fingerprint density at radius 2 is 2.21 bits per heavy atom. The van der Waals surface area contributed by atoms with Gasteiger partial charge in [-0.3, -0.25) is 19.5 Å². The third-order valence-electron chi connectivity index (χ3n) is 4.39. The molecule has 3 rings (SSSR count). The molecule has 1 aliphatic heterocycles. The van der Waals surface area contributed by atoms with Crippen molar-refractivity contribution >= 4 is 29.8 Å². The van der Waals surface area contributed by atoms with Crippen LogP contribution in [0.2, 0.25) is 0 Å². The summed E-state index contributed by atoms with van der Waals surface area (Å²) < 4.78 is 28.1. The van der Waals surface area contributed by atoms with Gasteiger partial charge in [0.25, 0.3) is 11.8 Å². The third-order valence-corrected chi connectivity index (χ3v) is 4.39. The molecule has 11 heteroatoms. The molecule has 29 heavy (non-hydrogen) atoms. The second-order valence-electron chi connectivity index (χ2n) is 6.33. The first-order chi connectivity index (χ1) is 13.9. The molecule has 0 spiro atoms. The van der Waals surface area contributed by atoms with E-state index in [0.29, 0.717) is 18.8 Å². The molecule has 1 aromatic carbocycles. The van der Waals surface area contributed by atoms with Crippen LogP contribution in [0.3, 0.4) is 0 Å². The number of amides is 2. The lowest BCUT2D eigenvalue weighted by Crippen LogP contribution is -2.50. The molecule has 0 radical (unpaired) electrons. The van der Waals surface area contributed by atoms with Crippen molar-refractivity contribution in [2.45, 2.75) is 25.6 Å². The van der Waals surface area contributed by atoms with Crippen LogP contribution in [0, 0.1) is 11.6 Å². The quantitative estimate of drug-likeness (QED) is 0.574. The number of hydrogen-bond acceptors (Lipinski definition) is 4. The van der Waals surface area contributed by atoms with Crippen LogP contribution in [-0.2, 0) is 22.7 Å². The highest BCUT2D eigenvalue weighted by molar-refractivity contribution is 6.38. The van der Waals surface area contributed by atoms with Crippen molar-refractivity contribution in [3.8, 4) is 0 Å². The van der Waals surface area contributed by atoms with Gasteiger partial charge in [0.1, 0.15) is 29.8 Å². The van der Waals surface area contributed by atoms with Crippen molar-refractivity contribution in [1.82, 2.24) is 15.1 Å². The van der Waals surface area contributed by atoms with Crippen LogP contribution in [-0.4, -0.2) is 46.9 Å². The second-order valence-corrected chi connectivity index (χ2v) is 6.33. The first-order valence-corrected chi connectivity index (χ1v) is 8.72. The van der Waals surface area contributed by atoms with Crippen LogP contribution in [0.25, 0.3) is 0 Å². The number of nitrogens with zero attached hydrogens (tertiary/aromatic N) is 5. The number of carbonyl (C=O) groups excluding carboxylic acids is 2. The standard InChI is InChI=1S/C18H19F2N7O2/c1-26-15-4-6-24-27(15)7-5-14(18(26)29)25-17(28)16(21)23-10-22-9-11-2-3-12(19)8-13(11)20/h2-4,6,8,10,14H,5,7,9H2,1H3,(H,25,28)(H2,21,22,23)/t14-/m0/s1. The molecular weight excluding hydrogens is 384 g/mol. The molecule has 3 N–H and O–H groups in total. The Morgan fingerprint density at radius 1 is 1.41 bits per heavy atom. The van der Waals surface area contributed by atoms with Crippen LogP contribution in [0.5, 0.6) is 0 Å². The molecule has 0 aliphatic carbocycles. The minimum Gasteiger partial charge on any atom is -0.379 e. The summed E-state index contributed by atoms with van der Waals surface area (Å²) in [4.78, 5) is 33.7. The molecule has 0 bridgehead atoms. The zero-order valence-corrected chi connectivity index (χ0v) is 15.5. The lowest BCUT2D eigenvalue weighted by molar-refractivity contribution is -0.124. The first-order valence-electron chi connectivity index (χ1n) is 8.72. The van der Waals surface area contributed by atoms with Crippen molar-refractivity contribution in [3.05, 3.63) is 47.7 Å². The predicted molar refractivity (Wildman–Crippen MR) is 102 cm³/mol. The molecule has 0 unspecified atom stereocenters. The van der Waals surface area contributed by atoms with E-state index in [0.717, 1.165) is 18.5 Å². The molecule has 9 nitrogen and oxygen atoms in total. The summed E-state index contributed by atoms with van der Waals surface area (Å²) in [6.07, 6.45) is 2.95. The second kappa shape index (κ2) is 8.59. The van der Waals surface area contributed by atoms with Crippen LogP contribution < -0.4 is 16.0 Å². The summed E-state index contributed by atoms with van der Waals surface area (Å²) in [5, 5.41) is 6.68. The Morgan fingerprint density at radius 3 is 2.97 bits per heavy atom. The minimum absolute atomic E-state index is 0.0954. The molecule has 2 heterocycles. The lowest BCUT2D eigenvalue weighted by Gasteiger charge is -2.20. The highest BCUT2D eigenvalue weighted by atomic mass is 19.1. The number of rotatable bonds is 4. The third kappa shape index (κ3) is 4.62. The molecule has 2 amide bonds. The summed E-state index contributed by atoms with van der Waals surface area (Å²) in [7, 11) is 1.60. The number of aliphatic imine (C=N–C) groups is 2. The molecule has 1 aliphatic rings. The van der Waals surface area contributed by atoms with Gasteiger partial charge in [-0.05, 0) is 12.5 Å². The number of hydrogen-bond donors (Lipinski definition) is 2. The fourth-order valence-corrected chi connectivity index (χ4v) is 2.82. The SMILES string of the molecule is CN1C(=O)[C@@H](NC(=O)C(N)=NC=NCc2ccc(F)cc2F)CCn2nccc21. The molecule has 0 saturated carbocycles. The number of anilines is 1. The van der Waals surface area contributed by atoms with Crippen LogP contribution in [0.15, 0.2) is 40.4 Å². The zero-order valence-electron chi connectivity index (χ0n) is 15.5. The van der Waals surface area contributed by atoms with Crippen LogP contribution >= 0.6 is 0 Å². The van der Waals surface area contributed by atoms with E-state index in [1.807, 2.05) is 0 Å². The minimum atomic E-state index is -0.784. The zero-order chi connectivity index (χ0) is 21.0. The number of benzene rings is 1. The average molecular weight is 403 g/mol. The van der Waals surface area contributed by atoms with Crippen LogP contribution in [0.4, 0.5) is 14.6 Å². The summed E-state index contributed by atoms with van der Waals surface area (Å²) in [6, 6.07) is 4.06. The van der Waals surface area contributed by atoms with Gasteiger partial charge in [0.05, 0.1) is 12.7 Å². The van der Waals surface area contributed by atoms with Crippen molar-refractivity contribution in [3.63, 3.8) is 0 Å². The fourth-order valence-electron chi connectivity index (χ4n) is 2.82. The van der Waals surface area contributed by atoms with E-state index < -0.39 is 29.4 Å². The van der Waals surface area contributed by atoms with E-state index in [-0.39, 0.29) is 18.0 Å². The average Bonchev–Trinajstić information content (AvgIpc) is 3.13. The topological polar surface area (TPSA) is 118 Å². The molecule has 1 aromatic heterocycles. The molecular formula is C18H19F2N7O2. The van der Waals surface area contributed by atoms with Crippen molar-refractivity contribution in [1.29, 1.82) is 0 Å². The van der Waals surface area contributed by atoms with Crippen molar-refractivity contribution < 1.29 is 18.4 Å². The number of halogens is 2. The highest BCUT2D eigenvalue weighted by Gasteiger charge is 2.30. The van der Waals surface area contributed by atoms with E-state index >= 15 is 0 Å². The molecule has 1 atom stereocenters. The summed E-state index contributed by atoms with van der Waals surface area (Å²) in [5.74, 6) is -2.20. The molecule has 2 aromatic rings. The molecule has 152 valence electrons. The Balaban J connectivity index is 1.58. The van der Waals surface area contributed by atoms with E-state index in [4.69, 9.17) is 5.73 Å². The summed E-state index contributed by atoms with van der Waals surface area (Å²) >= 11 is 0. The monoisotopic (exact) mass is 403 g/mol. The van der Waals surface area contributed by atoms with Crippen molar-refractivity contribution in [2.24, 2.45) is 15.7 Å². The number of fused-ring (bicyclic) bond motifs is 1. The normalized spacial score (nSPS) is 17.3. The van der Waals surface area contributed by atoms with Gasteiger partial charge in [-0.25, -0.2) is 18.5 Å². The maximum atomic E-state index is 13.5. The van der Waals surface area contributed by atoms with Gasteiger partial charge in [0.2, 0.25) is 0 Å². The number of nitrogens with two attached hydrogens (primary N) is 1. The van der Waals surface area contributed by atoms with Gasteiger partial charge >= 0.3 is 0 Å². The van der Waals surface area contributed by atoms with E-state index in [1.165, 1.54) is 11.0 Å². The number of amidine groups is 1. The fraction of sp³-hybridized carbons (Fsp3) is 0.278. The molecule has 0 saturated heterocycles. The smallest absolute Gasteiger partial charge is 0.287 e. The predicted octanol–water partition coefficient (Wildman–Crippen LogP) is 0.598. The summed E-state index contributed by atoms with van der Waals surface area (Å²) in [6.45, 7) is 0.354. The number of carbonyl (C=O) groups is 2. The largest absolute Gasteiger partial charge is 0.379 e. The van der Waals surface area contributed by atoms with Gasteiger partial charge in [-0.15, -0.1) is 0 Å². The van der Waals surface area contributed by atoms with Crippen LogP contribution in [0.1, 0.15) is 12.0 Å². The number of nitrogens with one attached hydrogen (secondary N) is 1. The molecule has 0 fully saturated rings. The Bertz CT molecular complexity index is 986. The van der Waals surface area contributed by atoms with Crippen molar-refractivity contribution in [2.75, 3.05) is 11.9 Å². The Hall–Kier alpha value is -3.63. The highest BCUT2D eigenvalue weighted by Crippen LogP contribution is 2.18. The lowest BCUT2D eigenvalue weighted by atomic mass is 10.2. The van der Waals surface area contributed by atoms with E-state index in [1.54, 1.807) is 24.0 Å².